The average molecular weight is 538 g/mol. The van der Waals surface area contributed by atoms with Gasteiger partial charge in [-0.15, -0.1) is 0 Å². The van der Waals surface area contributed by atoms with E-state index in [1.165, 1.54) is 7.11 Å². The molecule has 4 atom stereocenters. The van der Waals surface area contributed by atoms with Gasteiger partial charge in [-0.05, 0) is 61.5 Å². The van der Waals surface area contributed by atoms with Gasteiger partial charge in [-0.1, -0.05) is 13.8 Å². The van der Waals surface area contributed by atoms with Crippen LogP contribution in [0.5, 0.6) is 0 Å². The Morgan fingerprint density at radius 1 is 1.24 bits per heavy atom. The van der Waals surface area contributed by atoms with Crippen LogP contribution in [0.25, 0.3) is 0 Å². The Morgan fingerprint density at radius 2 is 1.95 bits per heavy atom. The lowest BCUT2D eigenvalue weighted by Gasteiger charge is -2.46. The molecule has 5 rings (SSSR count). The quantitative estimate of drug-likeness (QED) is 0.573. The molecule has 3 heterocycles. The first kappa shape index (κ1) is 27.4. The number of alkyl halides is 3. The third-order valence-corrected chi connectivity index (χ3v) is 9.55. The van der Waals surface area contributed by atoms with Crippen molar-refractivity contribution in [1.29, 1.82) is 0 Å². The fraction of sp³-hybridized carbons (Fsp3) is 0.750. The number of nitrogens with zero attached hydrogens (tertiary/aromatic N) is 2. The summed E-state index contributed by atoms with van der Waals surface area (Å²) >= 11 is 0. The molecule has 2 unspecified atom stereocenters. The number of carbonyl (C=O) groups is 2. The van der Waals surface area contributed by atoms with Gasteiger partial charge in [0, 0.05) is 43.5 Å². The summed E-state index contributed by atoms with van der Waals surface area (Å²) in [6, 6.07) is 1.55. The van der Waals surface area contributed by atoms with Crippen LogP contribution in [0.4, 0.5) is 13.2 Å². The van der Waals surface area contributed by atoms with E-state index in [1.807, 2.05) is 0 Å². The molecule has 3 fully saturated rings. The molecule has 2 aliphatic heterocycles. The van der Waals surface area contributed by atoms with Crippen LogP contribution in [0.1, 0.15) is 62.8 Å². The normalized spacial score (nSPS) is 33.2. The van der Waals surface area contributed by atoms with Gasteiger partial charge in [0.2, 0.25) is 5.91 Å². The predicted octanol–water partition coefficient (Wildman–Crippen LogP) is 3.98. The minimum Gasteiger partial charge on any atom is -0.469 e. The van der Waals surface area contributed by atoms with E-state index in [4.69, 9.17) is 9.47 Å². The third-order valence-electron chi connectivity index (χ3n) is 9.55. The van der Waals surface area contributed by atoms with Crippen molar-refractivity contribution in [2.24, 2.45) is 29.1 Å². The zero-order valence-electron chi connectivity index (χ0n) is 22.4. The highest BCUT2D eigenvalue weighted by Crippen LogP contribution is 2.48. The van der Waals surface area contributed by atoms with Crippen molar-refractivity contribution in [3.05, 3.63) is 29.1 Å². The maximum Gasteiger partial charge on any atom is 0.417 e. The smallest absolute Gasteiger partial charge is 0.417 e. The van der Waals surface area contributed by atoms with Gasteiger partial charge in [0.15, 0.2) is 0 Å². The van der Waals surface area contributed by atoms with E-state index in [-0.39, 0.29) is 54.2 Å². The van der Waals surface area contributed by atoms with Crippen LogP contribution in [-0.4, -0.2) is 60.7 Å². The number of fused-ring (bicyclic) bond motifs is 3. The molecule has 2 bridgehead atoms. The summed E-state index contributed by atoms with van der Waals surface area (Å²) in [6.07, 6.45) is 0.675. The molecule has 0 radical (unpaired) electrons. The second kappa shape index (κ2) is 10.4. The van der Waals surface area contributed by atoms with Crippen LogP contribution in [0, 0.1) is 29.1 Å². The van der Waals surface area contributed by atoms with E-state index in [1.54, 1.807) is 4.90 Å². The van der Waals surface area contributed by atoms with E-state index in [9.17, 15) is 22.8 Å². The lowest BCUT2D eigenvalue weighted by Crippen LogP contribution is -2.56. The van der Waals surface area contributed by atoms with Gasteiger partial charge in [-0.2, -0.15) is 13.2 Å². The number of halogens is 3. The van der Waals surface area contributed by atoms with Crippen molar-refractivity contribution in [2.75, 3.05) is 26.9 Å². The van der Waals surface area contributed by atoms with E-state index in [0.717, 1.165) is 37.9 Å². The summed E-state index contributed by atoms with van der Waals surface area (Å²) in [4.78, 5) is 32.0. The Hall–Kier alpha value is -2.20. The van der Waals surface area contributed by atoms with E-state index < -0.39 is 17.2 Å². The second-order valence-corrected chi connectivity index (χ2v) is 12.0. The summed E-state index contributed by atoms with van der Waals surface area (Å²) in [5.74, 6) is 0.353. The fourth-order valence-electron chi connectivity index (χ4n) is 7.38. The van der Waals surface area contributed by atoms with Crippen LogP contribution < -0.4 is 5.32 Å². The Morgan fingerprint density at radius 3 is 2.58 bits per heavy atom. The SMILES string of the molecule is COC(=O)C1CC2COCC(C1)C2N[C@@H]1CC[C@@](C(=O)N2CCc3ncc(C(F)(F)F)cc3C2)(C(C)C)C1. The summed E-state index contributed by atoms with van der Waals surface area (Å²) in [7, 11) is 1.44. The lowest BCUT2D eigenvalue weighted by atomic mass is 9.70. The van der Waals surface area contributed by atoms with Gasteiger partial charge < -0.3 is 19.7 Å². The van der Waals surface area contributed by atoms with Crippen LogP contribution in [-0.2, 0) is 38.2 Å². The number of methoxy groups -OCH3 is 1. The molecule has 10 heteroatoms. The number of rotatable bonds is 5. The maximum absolute atomic E-state index is 14.0. The van der Waals surface area contributed by atoms with Gasteiger partial charge in [-0.25, -0.2) is 0 Å². The molecule has 1 aromatic rings. The first-order valence-corrected chi connectivity index (χ1v) is 13.8. The van der Waals surface area contributed by atoms with Gasteiger partial charge >= 0.3 is 12.1 Å². The summed E-state index contributed by atoms with van der Waals surface area (Å²) in [5, 5.41) is 3.87. The number of hydrogen-bond acceptors (Lipinski definition) is 6. The molecule has 1 aromatic heterocycles. The summed E-state index contributed by atoms with van der Waals surface area (Å²) in [5.41, 5.74) is -0.200. The molecule has 1 N–H and O–H groups in total. The maximum atomic E-state index is 14.0. The van der Waals surface area contributed by atoms with Crippen molar-refractivity contribution in [3.8, 4) is 0 Å². The van der Waals surface area contributed by atoms with Gasteiger partial charge in [0.05, 0.1) is 37.2 Å². The predicted molar refractivity (Wildman–Crippen MR) is 133 cm³/mol. The largest absolute Gasteiger partial charge is 0.469 e. The molecule has 2 saturated carbocycles. The minimum absolute atomic E-state index is 0.0396. The highest BCUT2D eigenvalue weighted by atomic mass is 19.4. The van der Waals surface area contributed by atoms with Gasteiger partial charge in [-0.3, -0.25) is 14.6 Å². The molecule has 7 nitrogen and oxygen atoms in total. The molecule has 1 saturated heterocycles. The van der Waals surface area contributed by atoms with Crippen molar-refractivity contribution < 1.29 is 32.2 Å². The van der Waals surface area contributed by atoms with Crippen molar-refractivity contribution in [2.45, 2.75) is 77.2 Å². The second-order valence-electron chi connectivity index (χ2n) is 12.0. The van der Waals surface area contributed by atoms with Gasteiger partial charge in [0.25, 0.3) is 0 Å². The van der Waals surface area contributed by atoms with Crippen LogP contribution >= 0.6 is 0 Å². The number of pyridine rings is 1. The van der Waals surface area contributed by atoms with Gasteiger partial charge in [0.1, 0.15) is 0 Å². The lowest BCUT2D eigenvalue weighted by molar-refractivity contribution is -0.152. The van der Waals surface area contributed by atoms with Crippen molar-refractivity contribution in [3.63, 3.8) is 0 Å². The van der Waals surface area contributed by atoms with Crippen LogP contribution in [0.15, 0.2) is 12.3 Å². The highest BCUT2D eigenvalue weighted by molar-refractivity contribution is 5.84. The first-order chi connectivity index (χ1) is 18.0. The van der Waals surface area contributed by atoms with E-state index in [2.05, 4.69) is 24.1 Å². The topological polar surface area (TPSA) is 80.8 Å². The van der Waals surface area contributed by atoms with Crippen LogP contribution in [0.2, 0.25) is 0 Å². The molecular weight excluding hydrogens is 499 g/mol. The zero-order valence-corrected chi connectivity index (χ0v) is 22.4. The Labute approximate surface area is 221 Å². The minimum atomic E-state index is -4.46. The molecule has 2 aliphatic carbocycles. The number of carbonyl (C=O) groups excluding carboxylic acids is 2. The van der Waals surface area contributed by atoms with Crippen LogP contribution in [0.3, 0.4) is 0 Å². The number of ether oxygens (including phenoxy) is 2. The number of amides is 1. The number of aromatic nitrogens is 1. The average Bonchev–Trinajstić information content (AvgIpc) is 3.31. The number of hydrogen-bond donors (Lipinski definition) is 1. The standard InChI is InChI=1S/C28H38F3N3O4/c1-16(2)27(26(36)34-7-5-23-18(13-34)10-21(12-32-23)28(29,30)31)6-4-22(11-27)33-24-19-8-17(25(35)37-3)9-20(24)15-38-14-19/h10,12,16-17,19-20,22,24,33H,4-9,11,13-15H2,1-3H3/t17?,19?,20?,22-,24?,27+/m1/s1. The zero-order chi connectivity index (χ0) is 27.2. The summed E-state index contributed by atoms with van der Waals surface area (Å²) < 4.78 is 50.6. The Kier molecular flexibility index (Phi) is 7.50. The Bertz CT molecular complexity index is 1050. The fourth-order valence-corrected chi connectivity index (χ4v) is 7.38. The molecule has 4 aliphatic rings. The molecule has 0 aromatic carbocycles. The number of esters is 1. The molecule has 1 amide bonds. The van der Waals surface area contributed by atoms with E-state index >= 15 is 0 Å². The van der Waals surface area contributed by atoms with Crippen molar-refractivity contribution >= 4 is 11.9 Å². The molecule has 0 spiro atoms. The monoisotopic (exact) mass is 537 g/mol. The van der Waals surface area contributed by atoms with Crippen molar-refractivity contribution in [1.82, 2.24) is 15.2 Å². The highest BCUT2D eigenvalue weighted by Gasteiger charge is 2.51. The first-order valence-electron chi connectivity index (χ1n) is 13.8. The molecular formula is C28H38F3N3O4. The summed E-state index contributed by atoms with van der Waals surface area (Å²) in [6.45, 7) is 6.01. The number of nitrogens with one attached hydrogen (secondary N) is 1. The van der Waals surface area contributed by atoms with E-state index in [0.29, 0.717) is 43.9 Å². The Balaban J connectivity index is 1.28. The third kappa shape index (κ3) is 5.06. The molecule has 210 valence electrons. The molecule has 38 heavy (non-hydrogen) atoms.